The van der Waals surface area contributed by atoms with Crippen LogP contribution in [-0.2, 0) is 0 Å². The van der Waals surface area contributed by atoms with Gasteiger partial charge in [0, 0.05) is 11.4 Å². The average molecular weight is 268 g/mol. The van der Waals surface area contributed by atoms with Gasteiger partial charge in [0.25, 0.3) is 0 Å². The fourth-order valence-corrected chi connectivity index (χ4v) is 2.48. The van der Waals surface area contributed by atoms with Crippen LogP contribution in [0.5, 0.6) is 5.75 Å². The topological polar surface area (TPSA) is 35.2 Å². The third-order valence-electron chi connectivity index (χ3n) is 2.43. The number of halogens is 1. The van der Waals surface area contributed by atoms with Crippen LogP contribution in [0.2, 0.25) is 5.02 Å². The number of hydrogen-bond donors (Lipinski definition) is 1. The van der Waals surface area contributed by atoms with Gasteiger partial charge in [0.2, 0.25) is 0 Å². The fraction of sp³-hybridized carbons (Fsp3) is 0.231. The van der Waals surface area contributed by atoms with Crippen molar-refractivity contribution in [2.75, 3.05) is 6.54 Å². The first-order valence-electron chi connectivity index (χ1n) is 5.37. The molecule has 0 saturated carbocycles. The highest BCUT2D eigenvalue weighted by molar-refractivity contribution is 7.10. The maximum absolute atomic E-state index is 6.10. The molecular formula is C13H14ClNOS. The van der Waals surface area contributed by atoms with Crippen LogP contribution in [0.15, 0.2) is 35.7 Å². The van der Waals surface area contributed by atoms with Crippen molar-refractivity contribution in [1.82, 2.24) is 0 Å². The number of rotatable bonds is 4. The van der Waals surface area contributed by atoms with E-state index in [-0.39, 0.29) is 6.10 Å². The van der Waals surface area contributed by atoms with Crippen molar-refractivity contribution in [3.05, 3.63) is 51.2 Å². The van der Waals surface area contributed by atoms with E-state index < -0.39 is 0 Å². The van der Waals surface area contributed by atoms with Crippen molar-refractivity contribution in [2.45, 2.75) is 13.0 Å². The lowest BCUT2D eigenvalue weighted by Crippen LogP contribution is -2.17. The van der Waals surface area contributed by atoms with Crippen LogP contribution in [0.1, 0.15) is 16.5 Å². The zero-order chi connectivity index (χ0) is 12.3. The summed E-state index contributed by atoms with van der Waals surface area (Å²) in [6.45, 7) is 2.44. The number of aryl methyl sites for hydroxylation is 1. The van der Waals surface area contributed by atoms with Crippen LogP contribution in [0.4, 0.5) is 0 Å². The molecule has 1 heterocycles. The normalized spacial score (nSPS) is 12.4. The summed E-state index contributed by atoms with van der Waals surface area (Å²) < 4.78 is 5.87. The van der Waals surface area contributed by atoms with Gasteiger partial charge >= 0.3 is 0 Å². The lowest BCUT2D eigenvalue weighted by Gasteiger charge is -2.17. The molecule has 0 bridgehead atoms. The number of benzene rings is 1. The molecule has 0 fully saturated rings. The Morgan fingerprint density at radius 3 is 2.88 bits per heavy atom. The minimum atomic E-state index is -0.130. The monoisotopic (exact) mass is 267 g/mol. The Morgan fingerprint density at radius 2 is 2.24 bits per heavy atom. The Bertz CT molecular complexity index is 484. The Morgan fingerprint density at radius 1 is 1.41 bits per heavy atom. The van der Waals surface area contributed by atoms with Gasteiger partial charge < -0.3 is 10.5 Å². The summed E-state index contributed by atoms with van der Waals surface area (Å²) >= 11 is 7.73. The van der Waals surface area contributed by atoms with E-state index in [0.717, 1.165) is 10.4 Å². The lowest BCUT2D eigenvalue weighted by atomic mass is 10.2. The Balaban J connectivity index is 2.21. The van der Waals surface area contributed by atoms with Crippen LogP contribution in [-0.4, -0.2) is 6.54 Å². The molecule has 2 N–H and O–H groups in total. The molecule has 0 aliphatic rings. The van der Waals surface area contributed by atoms with Crippen molar-refractivity contribution >= 4 is 22.9 Å². The van der Waals surface area contributed by atoms with Gasteiger partial charge in [-0.15, -0.1) is 11.3 Å². The van der Waals surface area contributed by atoms with E-state index in [4.69, 9.17) is 22.1 Å². The molecule has 0 aliphatic carbocycles. The van der Waals surface area contributed by atoms with Crippen LogP contribution in [0.25, 0.3) is 0 Å². The minimum absolute atomic E-state index is 0.130. The number of hydrogen-bond acceptors (Lipinski definition) is 3. The Hall–Kier alpha value is -1.03. The van der Waals surface area contributed by atoms with Gasteiger partial charge in [0.1, 0.15) is 11.9 Å². The summed E-state index contributed by atoms with van der Waals surface area (Å²) in [6, 6.07) is 9.74. The predicted molar refractivity (Wildman–Crippen MR) is 72.9 cm³/mol. The second kappa shape index (κ2) is 5.54. The van der Waals surface area contributed by atoms with E-state index in [2.05, 4.69) is 0 Å². The summed E-state index contributed by atoms with van der Waals surface area (Å²) in [6.07, 6.45) is -0.130. The number of nitrogens with two attached hydrogens (primary N) is 1. The first-order valence-corrected chi connectivity index (χ1v) is 6.62. The average Bonchev–Trinajstić information content (AvgIpc) is 2.84. The highest BCUT2D eigenvalue weighted by atomic mass is 35.5. The molecule has 4 heteroatoms. The molecule has 1 aromatic carbocycles. The Labute approximate surface area is 110 Å². The third kappa shape index (κ3) is 3.00. The molecule has 2 aromatic rings. The van der Waals surface area contributed by atoms with Gasteiger partial charge in [0.05, 0.1) is 5.02 Å². The van der Waals surface area contributed by atoms with Crippen LogP contribution in [0.3, 0.4) is 0 Å². The van der Waals surface area contributed by atoms with E-state index in [0.29, 0.717) is 17.3 Å². The zero-order valence-electron chi connectivity index (χ0n) is 9.52. The first kappa shape index (κ1) is 12.4. The van der Waals surface area contributed by atoms with E-state index >= 15 is 0 Å². The summed E-state index contributed by atoms with van der Waals surface area (Å²) in [5.41, 5.74) is 6.86. The third-order valence-corrected chi connectivity index (χ3v) is 3.71. The fourth-order valence-electron chi connectivity index (χ4n) is 1.55. The summed E-state index contributed by atoms with van der Waals surface area (Å²) in [5.74, 6) is 0.690. The molecule has 0 spiro atoms. The van der Waals surface area contributed by atoms with Gasteiger partial charge in [-0.3, -0.25) is 0 Å². The SMILES string of the molecule is Cc1ccc(Cl)c(OC(CN)c2cccs2)c1. The molecule has 0 aliphatic heterocycles. The second-order valence-corrected chi connectivity index (χ2v) is 5.18. The van der Waals surface area contributed by atoms with E-state index in [1.807, 2.05) is 42.6 Å². The van der Waals surface area contributed by atoms with Crippen molar-refractivity contribution in [1.29, 1.82) is 0 Å². The van der Waals surface area contributed by atoms with Gasteiger partial charge in [-0.25, -0.2) is 0 Å². The molecule has 1 atom stereocenters. The number of thiophene rings is 1. The van der Waals surface area contributed by atoms with Crippen molar-refractivity contribution in [3.63, 3.8) is 0 Å². The van der Waals surface area contributed by atoms with Crippen molar-refractivity contribution in [2.24, 2.45) is 5.73 Å². The van der Waals surface area contributed by atoms with Crippen molar-refractivity contribution in [3.8, 4) is 5.75 Å². The van der Waals surface area contributed by atoms with Crippen LogP contribution >= 0.6 is 22.9 Å². The second-order valence-electron chi connectivity index (χ2n) is 3.79. The van der Waals surface area contributed by atoms with Gasteiger partial charge in [-0.1, -0.05) is 23.7 Å². The van der Waals surface area contributed by atoms with Crippen LogP contribution in [0, 0.1) is 6.92 Å². The summed E-state index contributed by atoms with van der Waals surface area (Å²) in [7, 11) is 0. The molecule has 1 aromatic heterocycles. The van der Waals surface area contributed by atoms with Crippen LogP contribution < -0.4 is 10.5 Å². The van der Waals surface area contributed by atoms with E-state index in [1.165, 1.54) is 0 Å². The maximum Gasteiger partial charge on any atom is 0.145 e. The van der Waals surface area contributed by atoms with Crippen molar-refractivity contribution < 1.29 is 4.74 Å². The molecular weight excluding hydrogens is 254 g/mol. The number of ether oxygens (including phenoxy) is 1. The zero-order valence-corrected chi connectivity index (χ0v) is 11.1. The molecule has 0 amide bonds. The highest BCUT2D eigenvalue weighted by Gasteiger charge is 2.14. The molecule has 2 nitrogen and oxygen atoms in total. The largest absolute Gasteiger partial charge is 0.482 e. The molecule has 2 rings (SSSR count). The quantitative estimate of drug-likeness (QED) is 0.915. The van der Waals surface area contributed by atoms with E-state index in [9.17, 15) is 0 Å². The summed E-state index contributed by atoms with van der Waals surface area (Å²) in [4.78, 5) is 1.12. The molecule has 0 saturated heterocycles. The first-order chi connectivity index (χ1) is 8.20. The predicted octanol–water partition coefficient (Wildman–Crippen LogP) is 3.79. The molecule has 0 radical (unpaired) electrons. The van der Waals surface area contributed by atoms with Gasteiger partial charge in [0.15, 0.2) is 0 Å². The molecule has 1 unspecified atom stereocenters. The standard InChI is InChI=1S/C13H14ClNOS/c1-9-4-5-10(14)11(7-9)16-12(8-15)13-3-2-6-17-13/h2-7,12H,8,15H2,1H3. The maximum atomic E-state index is 6.10. The smallest absolute Gasteiger partial charge is 0.145 e. The lowest BCUT2D eigenvalue weighted by molar-refractivity contribution is 0.218. The van der Waals surface area contributed by atoms with Gasteiger partial charge in [-0.2, -0.15) is 0 Å². The minimum Gasteiger partial charge on any atom is -0.482 e. The van der Waals surface area contributed by atoms with Gasteiger partial charge in [-0.05, 0) is 36.1 Å². The highest BCUT2D eigenvalue weighted by Crippen LogP contribution is 2.30. The Kier molecular flexibility index (Phi) is 4.05. The van der Waals surface area contributed by atoms with E-state index in [1.54, 1.807) is 11.3 Å². The molecule has 17 heavy (non-hydrogen) atoms. The molecule has 90 valence electrons. The summed E-state index contributed by atoms with van der Waals surface area (Å²) in [5, 5.41) is 2.63.